The van der Waals surface area contributed by atoms with Crippen LogP contribution in [0, 0.1) is 6.92 Å². The number of nitrogens with one attached hydrogen (secondary N) is 1. The van der Waals surface area contributed by atoms with E-state index in [-0.39, 0.29) is 5.91 Å². The lowest BCUT2D eigenvalue weighted by atomic mass is 10.0. The van der Waals surface area contributed by atoms with Crippen LogP contribution in [0.4, 0.5) is 5.69 Å². The number of nitrogen functional groups attached to an aromatic ring is 1. The van der Waals surface area contributed by atoms with Gasteiger partial charge in [-0.3, -0.25) is 4.79 Å². The summed E-state index contributed by atoms with van der Waals surface area (Å²) >= 11 is 0. The molecule has 104 valence electrons. The van der Waals surface area contributed by atoms with Gasteiger partial charge in [-0.25, -0.2) is 0 Å². The first-order valence-electron chi connectivity index (χ1n) is 6.83. The van der Waals surface area contributed by atoms with E-state index in [9.17, 15) is 4.79 Å². The molecule has 3 N–H and O–H groups in total. The molecule has 2 rings (SSSR count). The maximum atomic E-state index is 12.1. The largest absolute Gasteiger partial charge is 0.399 e. The van der Waals surface area contributed by atoms with Gasteiger partial charge in [0, 0.05) is 17.8 Å². The minimum Gasteiger partial charge on any atom is -0.399 e. The lowest BCUT2D eigenvalue weighted by Crippen LogP contribution is -2.23. The summed E-state index contributed by atoms with van der Waals surface area (Å²) in [6.07, 6.45) is 0.965. The molecule has 0 saturated carbocycles. The molecule has 0 aromatic heterocycles. The fourth-order valence-electron chi connectivity index (χ4n) is 2.17. The van der Waals surface area contributed by atoms with Gasteiger partial charge in [-0.15, -0.1) is 0 Å². The zero-order chi connectivity index (χ0) is 14.5. The highest BCUT2D eigenvalue weighted by Gasteiger charge is 2.07. The molecule has 3 heteroatoms. The predicted molar refractivity (Wildman–Crippen MR) is 82.6 cm³/mol. The van der Waals surface area contributed by atoms with Crippen molar-refractivity contribution in [2.45, 2.75) is 26.8 Å². The molecule has 0 radical (unpaired) electrons. The third kappa shape index (κ3) is 3.18. The fraction of sp³-hybridized carbons (Fsp3) is 0.235. The molecule has 0 fully saturated rings. The van der Waals surface area contributed by atoms with Crippen LogP contribution in [0.25, 0.3) is 0 Å². The molecule has 0 atom stereocenters. The second-order valence-electron chi connectivity index (χ2n) is 4.88. The van der Waals surface area contributed by atoms with E-state index in [2.05, 4.69) is 18.3 Å². The Hall–Kier alpha value is -2.29. The lowest BCUT2D eigenvalue weighted by Gasteiger charge is -2.10. The Kier molecular flexibility index (Phi) is 4.41. The van der Waals surface area contributed by atoms with Gasteiger partial charge in [-0.2, -0.15) is 0 Å². The van der Waals surface area contributed by atoms with Crippen LogP contribution in [0.5, 0.6) is 0 Å². The van der Waals surface area contributed by atoms with Gasteiger partial charge in [0.25, 0.3) is 5.91 Å². The standard InChI is InChI=1S/C17H20N2O/c1-3-13-6-4-5-7-15(13)11-19-17(20)14-8-9-16(18)12(2)10-14/h4-10H,3,11,18H2,1-2H3,(H,19,20). The van der Waals surface area contributed by atoms with Gasteiger partial charge in [0.1, 0.15) is 0 Å². The van der Waals surface area contributed by atoms with E-state index in [1.165, 1.54) is 5.56 Å². The van der Waals surface area contributed by atoms with Gasteiger partial charge in [-0.05, 0) is 48.2 Å². The van der Waals surface area contributed by atoms with Gasteiger partial charge >= 0.3 is 0 Å². The molecule has 20 heavy (non-hydrogen) atoms. The summed E-state index contributed by atoms with van der Waals surface area (Å²) in [5.74, 6) is -0.0704. The molecule has 0 aliphatic carbocycles. The summed E-state index contributed by atoms with van der Waals surface area (Å²) < 4.78 is 0. The van der Waals surface area contributed by atoms with Crippen LogP contribution >= 0.6 is 0 Å². The van der Waals surface area contributed by atoms with Crippen molar-refractivity contribution >= 4 is 11.6 Å². The van der Waals surface area contributed by atoms with Gasteiger partial charge in [-0.1, -0.05) is 31.2 Å². The number of nitrogens with two attached hydrogens (primary N) is 1. The second kappa shape index (κ2) is 6.24. The van der Waals surface area contributed by atoms with Crippen LogP contribution in [-0.2, 0) is 13.0 Å². The van der Waals surface area contributed by atoms with Gasteiger partial charge in [0.15, 0.2) is 0 Å². The molecule has 0 unspecified atom stereocenters. The molecule has 0 aliphatic heterocycles. The van der Waals surface area contributed by atoms with Crippen molar-refractivity contribution in [3.8, 4) is 0 Å². The summed E-state index contributed by atoms with van der Waals surface area (Å²) in [6, 6.07) is 13.5. The fourth-order valence-corrected chi connectivity index (χ4v) is 2.17. The molecule has 0 saturated heterocycles. The highest BCUT2D eigenvalue weighted by Crippen LogP contribution is 2.13. The topological polar surface area (TPSA) is 55.1 Å². The van der Waals surface area contributed by atoms with Crippen molar-refractivity contribution in [3.63, 3.8) is 0 Å². The average Bonchev–Trinajstić information content (AvgIpc) is 2.47. The van der Waals surface area contributed by atoms with Crippen LogP contribution in [0.15, 0.2) is 42.5 Å². The zero-order valence-corrected chi connectivity index (χ0v) is 11.9. The summed E-state index contributed by atoms with van der Waals surface area (Å²) in [5, 5.41) is 2.96. The number of aryl methyl sites for hydroxylation is 2. The molecule has 2 aromatic rings. The van der Waals surface area contributed by atoms with Crippen molar-refractivity contribution in [2.75, 3.05) is 5.73 Å². The van der Waals surface area contributed by atoms with Crippen molar-refractivity contribution in [1.82, 2.24) is 5.32 Å². The molecule has 0 spiro atoms. The van der Waals surface area contributed by atoms with Crippen LogP contribution in [0.3, 0.4) is 0 Å². The lowest BCUT2D eigenvalue weighted by molar-refractivity contribution is 0.0951. The first kappa shape index (κ1) is 14.1. The summed E-state index contributed by atoms with van der Waals surface area (Å²) in [7, 11) is 0. The van der Waals surface area contributed by atoms with E-state index in [0.717, 1.165) is 17.5 Å². The Bertz CT molecular complexity index is 620. The normalized spacial score (nSPS) is 10.3. The minimum atomic E-state index is -0.0704. The smallest absolute Gasteiger partial charge is 0.251 e. The first-order valence-corrected chi connectivity index (χ1v) is 6.83. The van der Waals surface area contributed by atoms with E-state index in [0.29, 0.717) is 17.8 Å². The second-order valence-corrected chi connectivity index (χ2v) is 4.88. The number of carbonyl (C=O) groups is 1. The Balaban J connectivity index is 2.06. The van der Waals surface area contributed by atoms with Gasteiger partial charge in [0.05, 0.1) is 0 Å². The Labute approximate surface area is 119 Å². The van der Waals surface area contributed by atoms with E-state index < -0.39 is 0 Å². The van der Waals surface area contributed by atoms with E-state index in [1.54, 1.807) is 12.1 Å². The number of carbonyl (C=O) groups excluding carboxylic acids is 1. The van der Waals surface area contributed by atoms with Crippen LogP contribution in [0.2, 0.25) is 0 Å². The highest BCUT2D eigenvalue weighted by atomic mass is 16.1. The van der Waals surface area contributed by atoms with E-state index in [4.69, 9.17) is 5.73 Å². The van der Waals surface area contributed by atoms with Crippen molar-refractivity contribution in [2.24, 2.45) is 0 Å². The zero-order valence-electron chi connectivity index (χ0n) is 11.9. The molecule has 0 heterocycles. The van der Waals surface area contributed by atoms with Gasteiger partial charge < -0.3 is 11.1 Å². The molecular weight excluding hydrogens is 248 g/mol. The van der Waals surface area contributed by atoms with Crippen LogP contribution in [0.1, 0.15) is 34.0 Å². The van der Waals surface area contributed by atoms with Crippen LogP contribution in [-0.4, -0.2) is 5.91 Å². The molecular formula is C17H20N2O. The van der Waals surface area contributed by atoms with Crippen molar-refractivity contribution in [3.05, 3.63) is 64.7 Å². The number of anilines is 1. The maximum absolute atomic E-state index is 12.1. The first-order chi connectivity index (χ1) is 9.61. The van der Waals surface area contributed by atoms with E-state index >= 15 is 0 Å². The number of hydrogen-bond donors (Lipinski definition) is 2. The Morgan fingerprint density at radius 2 is 1.85 bits per heavy atom. The number of hydrogen-bond acceptors (Lipinski definition) is 2. The monoisotopic (exact) mass is 268 g/mol. The quantitative estimate of drug-likeness (QED) is 0.837. The minimum absolute atomic E-state index is 0.0704. The summed E-state index contributed by atoms with van der Waals surface area (Å²) in [4.78, 5) is 12.1. The third-order valence-corrected chi connectivity index (χ3v) is 3.47. The average molecular weight is 268 g/mol. The predicted octanol–water partition coefficient (Wildman–Crippen LogP) is 3.07. The van der Waals surface area contributed by atoms with E-state index in [1.807, 2.05) is 31.2 Å². The van der Waals surface area contributed by atoms with Crippen molar-refractivity contribution in [1.29, 1.82) is 0 Å². The molecule has 0 aliphatic rings. The Morgan fingerprint density at radius 1 is 1.15 bits per heavy atom. The van der Waals surface area contributed by atoms with Crippen molar-refractivity contribution < 1.29 is 4.79 Å². The number of benzene rings is 2. The third-order valence-electron chi connectivity index (χ3n) is 3.47. The molecule has 3 nitrogen and oxygen atoms in total. The molecule has 0 bridgehead atoms. The number of amides is 1. The summed E-state index contributed by atoms with van der Waals surface area (Å²) in [5.41, 5.74) is 10.5. The highest BCUT2D eigenvalue weighted by molar-refractivity contribution is 5.94. The van der Waals surface area contributed by atoms with Gasteiger partial charge in [0.2, 0.25) is 0 Å². The summed E-state index contributed by atoms with van der Waals surface area (Å²) in [6.45, 7) is 4.56. The maximum Gasteiger partial charge on any atom is 0.251 e. The molecule has 2 aromatic carbocycles. The van der Waals surface area contributed by atoms with Crippen LogP contribution < -0.4 is 11.1 Å². The number of rotatable bonds is 4. The molecule has 1 amide bonds. The Morgan fingerprint density at radius 3 is 2.50 bits per heavy atom. The SMILES string of the molecule is CCc1ccccc1CNC(=O)c1ccc(N)c(C)c1.